The van der Waals surface area contributed by atoms with Crippen LogP contribution >= 0.6 is 0 Å². The second-order valence-electron chi connectivity index (χ2n) is 6.12. The van der Waals surface area contributed by atoms with Crippen molar-refractivity contribution < 1.29 is 27.9 Å². The van der Waals surface area contributed by atoms with Crippen molar-refractivity contribution in [1.82, 2.24) is 9.80 Å². The van der Waals surface area contributed by atoms with Gasteiger partial charge in [-0.3, -0.25) is 9.59 Å². The number of nitrogens with zero attached hydrogens (tertiary/aromatic N) is 2. The van der Waals surface area contributed by atoms with Crippen molar-refractivity contribution in [1.29, 1.82) is 0 Å². The molecule has 2 aliphatic rings. The van der Waals surface area contributed by atoms with E-state index in [4.69, 9.17) is 0 Å². The molecule has 130 valence electrons. The van der Waals surface area contributed by atoms with Gasteiger partial charge in [0.25, 0.3) is 5.91 Å². The maximum atomic E-state index is 13.9. The van der Waals surface area contributed by atoms with Crippen molar-refractivity contribution in [2.75, 3.05) is 19.6 Å². The number of rotatable bonds is 2. The summed E-state index contributed by atoms with van der Waals surface area (Å²) in [6.07, 6.45) is 2.61. The van der Waals surface area contributed by atoms with Crippen LogP contribution in [0.5, 0.6) is 5.75 Å². The van der Waals surface area contributed by atoms with E-state index < -0.39 is 34.7 Å². The Morgan fingerprint density at radius 3 is 2.58 bits per heavy atom. The zero-order chi connectivity index (χ0) is 17.4. The summed E-state index contributed by atoms with van der Waals surface area (Å²) < 4.78 is 40.5. The predicted octanol–water partition coefficient (Wildman–Crippen LogP) is 2.04. The highest BCUT2D eigenvalue weighted by Crippen LogP contribution is 2.28. The lowest BCUT2D eigenvalue weighted by Gasteiger charge is -2.37. The molecule has 2 amide bonds. The molecule has 3 rings (SSSR count). The van der Waals surface area contributed by atoms with Crippen LogP contribution in [-0.2, 0) is 4.79 Å². The van der Waals surface area contributed by atoms with Crippen LogP contribution < -0.4 is 0 Å². The number of hydrogen-bond donors (Lipinski definition) is 1. The normalized spacial score (nSPS) is 21.5. The molecular weight excluding hydrogens is 325 g/mol. The van der Waals surface area contributed by atoms with E-state index in [0.29, 0.717) is 32.0 Å². The van der Waals surface area contributed by atoms with Gasteiger partial charge >= 0.3 is 0 Å². The van der Waals surface area contributed by atoms with Crippen molar-refractivity contribution in [3.63, 3.8) is 0 Å². The minimum Gasteiger partial charge on any atom is -0.503 e. The van der Waals surface area contributed by atoms with E-state index in [2.05, 4.69) is 0 Å². The number of halogens is 3. The van der Waals surface area contributed by atoms with Gasteiger partial charge in [-0.2, -0.15) is 4.39 Å². The first-order chi connectivity index (χ1) is 11.4. The van der Waals surface area contributed by atoms with E-state index in [-0.39, 0.29) is 18.5 Å². The summed E-state index contributed by atoms with van der Waals surface area (Å²) in [6, 6.07) is 0.303. The molecule has 5 nitrogen and oxygen atoms in total. The first-order valence-corrected chi connectivity index (χ1v) is 7.85. The first kappa shape index (κ1) is 16.6. The number of phenols is 1. The van der Waals surface area contributed by atoms with Crippen molar-refractivity contribution in [3.8, 4) is 5.75 Å². The molecule has 24 heavy (non-hydrogen) atoms. The molecule has 1 aromatic rings. The molecule has 0 bridgehead atoms. The van der Waals surface area contributed by atoms with Crippen LogP contribution in [0.15, 0.2) is 6.07 Å². The van der Waals surface area contributed by atoms with Gasteiger partial charge in [-0.25, -0.2) is 8.78 Å². The summed E-state index contributed by atoms with van der Waals surface area (Å²) in [4.78, 5) is 27.3. The lowest BCUT2D eigenvalue weighted by atomic mass is 10.0. The number of hydrogen-bond acceptors (Lipinski definition) is 3. The van der Waals surface area contributed by atoms with Gasteiger partial charge in [0.1, 0.15) is 0 Å². The second-order valence-corrected chi connectivity index (χ2v) is 6.12. The Morgan fingerprint density at radius 2 is 1.92 bits per heavy atom. The molecular formula is C16H17F3N2O3. The van der Waals surface area contributed by atoms with Crippen molar-refractivity contribution in [3.05, 3.63) is 29.1 Å². The molecule has 0 aliphatic carbocycles. The number of aromatic hydroxyl groups is 1. The fraction of sp³-hybridized carbons (Fsp3) is 0.500. The van der Waals surface area contributed by atoms with Crippen LogP contribution in [0.1, 0.15) is 36.0 Å². The summed E-state index contributed by atoms with van der Waals surface area (Å²) >= 11 is 0. The van der Waals surface area contributed by atoms with Crippen LogP contribution in [0.2, 0.25) is 0 Å². The second kappa shape index (κ2) is 6.33. The lowest BCUT2D eigenvalue weighted by molar-refractivity contribution is -0.130. The molecule has 2 aliphatic heterocycles. The van der Waals surface area contributed by atoms with Crippen LogP contribution in [0, 0.1) is 17.5 Å². The molecule has 1 aromatic carbocycles. The molecule has 0 unspecified atom stereocenters. The smallest absolute Gasteiger partial charge is 0.257 e. The number of carbonyl (C=O) groups excluding carboxylic acids is 2. The van der Waals surface area contributed by atoms with Gasteiger partial charge in [0.15, 0.2) is 17.4 Å². The third kappa shape index (κ3) is 2.81. The summed E-state index contributed by atoms with van der Waals surface area (Å²) in [7, 11) is 0. The topological polar surface area (TPSA) is 60.9 Å². The molecule has 0 saturated carbocycles. The van der Waals surface area contributed by atoms with Crippen LogP contribution in [0.25, 0.3) is 0 Å². The number of phenolic OH excluding ortho intramolecular Hbond substituents is 1. The zero-order valence-corrected chi connectivity index (χ0v) is 12.9. The average Bonchev–Trinajstić information content (AvgIpc) is 3.02. The Morgan fingerprint density at radius 1 is 1.17 bits per heavy atom. The summed E-state index contributed by atoms with van der Waals surface area (Å²) in [5.41, 5.74) is -0.709. The third-order valence-electron chi connectivity index (χ3n) is 4.60. The van der Waals surface area contributed by atoms with Gasteiger partial charge in [-0.1, -0.05) is 0 Å². The third-order valence-corrected chi connectivity index (χ3v) is 4.60. The number of piperidine rings is 1. The quantitative estimate of drug-likeness (QED) is 0.837. The van der Waals surface area contributed by atoms with Crippen LogP contribution in [-0.4, -0.2) is 52.4 Å². The van der Waals surface area contributed by atoms with Crippen molar-refractivity contribution >= 4 is 11.8 Å². The van der Waals surface area contributed by atoms with Crippen molar-refractivity contribution in [2.45, 2.75) is 31.7 Å². The molecule has 1 atom stereocenters. The van der Waals surface area contributed by atoms with Gasteiger partial charge in [0.2, 0.25) is 11.7 Å². The number of carbonyl (C=O) groups is 2. The molecule has 2 saturated heterocycles. The van der Waals surface area contributed by atoms with E-state index in [1.807, 2.05) is 0 Å². The van der Waals surface area contributed by atoms with E-state index in [0.717, 1.165) is 12.8 Å². The minimum absolute atomic E-state index is 0.0333. The fourth-order valence-corrected chi connectivity index (χ4v) is 3.37. The van der Waals surface area contributed by atoms with Gasteiger partial charge in [-0.05, 0) is 25.3 Å². The van der Waals surface area contributed by atoms with Crippen LogP contribution in [0.3, 0.4) is 0 Å². The highest BCUT2D eigenvalue weighted by Gasteiger charge is 2.34. The summed E-state index contributed by atoms with van der Waals surface area (Å²) in [6.45, 7) is 1.17. The maximum Gasteiger partial charge on any atom is 0.257 e. The Bertz CT molecular complexity index is 696. The Balaban J connectivity index is 1.81. The molecule has 0 spiro atoms. The van der Waals surface area contributed by atoms with Gasteiger partial charge in [-0.15, -0.1) is 0 Å². The minimum atomic E-state index is -1.72. The van der Waals surface area contributed by atoms with E-state index in [1.54, 1.807) is 4.90 Å². The summed E-state index contributed by atoms with van der Waals surface area (Å²) in [5, 5.41) is 9.26. The molecule has 8 heteroatoms. The SMILES string of the molecule is O=C(c1cc(F)c(F)c(O)c1F)N1CCC[C@H](N2CCCC2=O)C1. The Hall–Kier alpha value is -2.25. The average molecular weight is 342 g/mol. The largest absolute Gasteiger partial charge is 0.503 e. The lowest BCUT2D eigenvalue weighted by Crippen LogP contribution is -2.50. The van der Waals surface area contributed by atoms with E-state index in [1.165, 1.54) is 4.90 Å². The maximum absolute atomic E-state index is 13.9. The predicted molar refractivity (Wildman–Crippen MR) is 77.9 cm³/mol. The zero-order valence-electron chi connectivity index (χ0n) is 12.9. The fourth-order valence-electron chi connectivity index (χ4n) is 3.37. The molecule has 2 fully saturated rings. The van der Waals surface area contributed by atoms with Gasteiger partial charge in [0, 0.05) is 32.1 Å². The van der Waals surface area contributed by atoms with Crippen molar-refractivity contribution in [2.24, 2.45) is 0 Å². The number of benzene rings is 1. The standard InChI is InChI=1S/C16H17F3N2O3/c17-11-7-10(13(18)15(23)14(11)19)16(24)20-5-1-3-9(8-20)21-6-2-4-12(21)22/h7,9,23H,1-6,8H2/t9-/m0/s1. The molecule has 1 N–H and O–H groups in total. The Labute approximate surface area is 136 Å². The molecule has 0 aromatic heterocycles. The molecule has 2 heterocycles. The Kier molecular flexibility index (Phi) is 4.38. The summed E-state index contributed by atoms with van der Waals surface area (Å²) in [5.74, 6) is -6.97. The van der Waals surface area contributed by atoms with E-state index >= 15 is 0 Å². The van der Waals surface area contributed by atoms with Crippen LogP contribution in [0.4, 0.5) is 13.2 Å². The van der Waals surface area contributed by atoms with Gasteiger partial charge < -0.3 is 14.9 Å². The first-order valence-electron chi connectivity index (χ1n) is 7.85. The monoisotopic (exact) mass is 342 g/mol. The number of likely N-dealkylation sites (tertiary alicyclic amines) is 2. The van der Waals surface area contributed by atoms with E-state index in [9.17, 15) is 27.9 Å². The highest BCUT2D eigenvalue weighted by molar-refractivity contribution is 5.95. The number of amides is 2. The van der Waals surface area contributed by atoms with Gasteiger partial charge in [0.05, 0.1) is 5.56 Å². The molecule has 0 radical (unpaired) electrons. The highest BCUT2D eigenvalue weighted by atomic mass is 19.2.